The molecule has 0 bridgehead atoms. The van der Waals surface area contributed by atoms with Crippen LogP contribution in [0.3, 0.4) is 0 Å². The van der Waals surface area contributed by atoms with Gasteiger partial charge in [-0.15, -0.1) is 0 Å². The number of hydrogen-bond donors (Lipinski definition) is 2. The van der Waals surface area contributed by atoms with Gasteiger partial charge in [0.1, 0.15) is 32.7 Å². The molecule has 5 heteroatoms. The number of carbonyl (C=O) groups excluding carboxylic acids is 1. The molecular weight excluding hydrogens is 326 g/mol. The van der Waals surface area contributed by atoms with E-state index in [0.717, 1.165) is 32.5 Å². The molecule has 1 amide bonds. The number of amides is 1. The lowest BCUT2D eigenvalue weighted by molar-refractivity contribution is -1.03. The molecular formula is C21H29N3O2+2. The van der Waals surface area contributed by atoms with Gasteiger partial charge >= 0.3 is 0 Å². The Balaban J connectivity index is 1.23. The highest BCUT2D eigenvalue weighted by Gasteiger charge is 2.33. The molecule has 1 aromatic heterocycles. The highest BCUT2D eigenvalue weighted by molar-refractivity contribution is 5.91. The molecule has 4 rings (SSSR count). The predicted octanol–water partition coefficient (Wildman–Crippen LogP) is -0.132. The normalized spacial score (nSPS) is 24.5. The molecule has 0 radical (unpaired) electrons. The first-order valence-corrected chi connectivity index (χ1v) is 9.84. The molecule has 0 atom stereocenters. The molecule has 3 heterocycles. The number of hydrogen-bond acceptors (Lipinski definition) is 2. The molecule has 2 aliphatic rings. The van der Waals surface area contributed by atoms with Crippen molar-refractivity contribution in [2.45, 2.75) is 25.4 Å². The zero-order chi connectivity index (χ0) is 17.8. The molecule has 26 heavy (non-hydrogen) atoms. The first kappa shape index (κ1) is 17.3. The van der Waals surface area contributed by atoms with Crippen molar-refractivity contribution in [1.29, 1.82) is 0 Å². The molecule has 5 nitrogen and oxygen atoms in total. The molecule has 0 aliphatic carbocycles. The van der Waals surface area contributed by atoms with E-state index in [9.17, 15) is 4.79 Å². The van der Waals surface area contributed by atoms with E-state index in [2.05, 4.69) is 30.3 Å². The van der Waals surface area contributed by atoms with Crippen molar-refractivity contribution in [1.82, 2.24) is 4.90 Å². The monoisotopic (exact) mass is 355 g/mol. The molecule has 2 fully saturated rings. The summed E-state index contributed by atoms with van der Waals surface area (Å²) >= 11 is 0. The lowest BCUT2D eigenvalue weighted by Gasteiger charge is -2.38. The Hall–Kier alpha value is -2.11. The third-order valence-electron chi connectivity index (χ3n) is 5.99. The molecule has 138 valence electrons. The zero-order valence-electron chi connectivity index (χ0n) is 15.3. The predicted molar refractivity (Wildman–Crippen MR) is 99.2 cm³/mol. The van der Waals surface area contributed by atoms with E-state index in [-0.39, 0.29) is 5.91 Å². The van der Waals surface area contributed by atoms with Crippen molar-refractivity contribution in [3.05, 3.63) is 60.1 Å². The van der Waals surface area contributed by atoms with E-state index in [1.54, 1.807) is 28.2 Å². The first-order valence-electron chi connectivity index (χ1n) is 9.84. The minimum Gasteiger partial charge on any atom is -0.459 e. The number of likely N-dealkylation sites (tertiary alicyclic amines) is 1. The van der Waals surface area contributed by atoms with Gasteiger partial charge in [-0.1, -0.05) is 30.3 Å². The van der Waals surface area contributed by atoms with Gasteiger partial charge in [-0.05, 0) is 12.1 Å². The Morgan fingerprint density at radius 1 is 1.00 bits per heavy atom. The summed E-state index contributed by atoms with van der Waals surface area (Å²) in [5, 5.41) is 0. The Labute approximate surface area is 155 Å². The van der Waals surface area contributed by atoms with Crippen LogP contribution in [0.15, 0.2) is 53.1 Å². The van der Waals surface area contributed by atoms with Gasteiger partial charge in [0.15, 0.2) is 5.76 Å². The number of nitrogens with one attached hydrogen (secondary N) is 2. The molecule has 1 aromatic carbocycles. The second-order valence-corrected chi connectivity index (χ2v) is 7.61. The van der Waals surface area contributed by atoms with E-state index in [1.165, 1.54) is 31.7 Å². The summed E-state index contributed by atoms with van der Waals surface area (Å²) in [5.41, 5.74) is 1.44. The van der Waals surface area contributed by atoms with Crippen molar-refractivity contribution < 1.29 is 19.0 Å². The van der Waals surface area contributed by atoms with Gasteiger partial charge in [0.2, 0.25) is 0 Å². The summed E-state index contributed by atoms with van der Waals surface area (Å²) in [4.78, 5) is 17.8. The minimum atomic E-state index is 0.0422. The van der Waals surface area contributed by atoms with Crippen molar-refractivity contribution >= 4 is 5.91 Å². The summed E-state index contributed by atoms with van der Waals surface area (Å²) in [7, 11) is 0. The third kappa shape index (κ3) is 4.00. The fourth-order valence-electron chi connectivity index (χ4n) is 4.44. The molecule has 2 aliphatic heterocycles. The Morgan fingerprint density at radius 2 is 1.73 bits per heavy atom. The van der Waals surface area contributed by atoms with Gasteiger partial charge in [-0.25, -0.2) is 0 Å². The van der Waals surface area contributed by atoms with Crippen LogP contribution >= 0.6 is 0 Å². The highest BCUT2D eigenvalue weighted by Crippen LogP contribution is 2.13. The number of carbonyl (C=O) groups is 1. The van der Waals surface area contributed by atoms with Crippen molar-refractivity contribution in [3.63, 3.8) is 0 Å². The van der Waals surface area contributed by atoms with Crippen LogP contribution < -0.4 is 9.80 Å². The number of quaternary nitrogens is 2. The Kier molecular flexibility index (Phi) is 5.37. The molecule has 2 saturated heterocycles. The maximum Gasteiger partial charge on any atom is 0.289 e. The molecule has 2 aromatic rings. The number of rotatable bonds is 4. The van der Waals surface area contributed by atoms with Crippen LogP contribution in [-0.2, 0) is 6.54 Å². The quantitative estimate of drug-likeness (QED) is 0.802. The van der Waals surface area contributed by atoms with Crippen molar-refractivity contribution in [3.8, 4) is 0 Å². The van der Waals surface area contributed by atoms with Crippen LogP contribution in [-0.4, -0.2) is 56.1 Å². The van der Waals surface area contributed by atoms with Crippen LogP contribution in [0, 0.1) is 0 Å². The van der Waals surface area contributed by atoms with Gasteiger partial charge in [-0.3, -0.25) is 4.79 Å². The van der Waals surface area contributed by atoms with Gasteiger partial charge < -0.3 is 19.1 Å². The van der Waals surface area contributed by atoms with Crippen LogP contribution in [0.5, 0.6) is 0 Å². The van der Waals surface area contributed by atoms with Crippen LogP contribution in [0.2, 0.25) is 0 Å². The van der Waals surface area contributed by atoms with Crippen molar-refractivity contribution in [2.75, 3.05) is 39.3 Å². The fourth-order valence-corrected chi connectivity index (χ4v) is 4.44. The van der Waals surface area contributed by atoms with E-state index in [1.807, 2.05) is 4.90 Å². The number of benzene rings is 1. The summed E-state index contributed by atoms with van der Waals surface area (Å²) in [6, 6.07) is 15.1. The molecule has 0 saturated carbocycles. The third-order valence-corrected chi connectivity index (χ3v) is 5.99. The summed E-state index contributed by atoms with van der Waals surface area (Å²) in [5.74, 6) is 0.509. The van der Waals surface area contributed by atoms with E-state index in [4.69, 9.17) is 4.42 Å². The number of piperazine rings is 1. The maximum absolute atomic E-state index is 12.4. The van der Waals surface area contributed by atoms with Crippen LogP contribution in [0.1, 0.15) is 29.0 Å². The van der Waals surface area contributed by atoms with Crippen LogP contribution in [0.4, 0.5) is 0 Å². The Bertz CT molecular complexity index is 685. The minimum absolute atomic E-state index is 0.0422. The van der Waals surface area contributed by atoms with Gasteiger partial charge in [-0.2, -0.15) is 0 Å². The average Bonchev–Trinajstić information content (AvgIpc) is 3.24. The van der Waals surface area contributed by atoms with E-state index < -0.39 is 0 Å². The van der Waals surface area contributed by atoms with Gasteiger partial charge in [0.25, 0.3) is 5.91 Å². The van der Waals surface area contributed by atoms with Gasteiger partial charge in [0, 0.05) is 31.5 Å². The lowest BCUT2D eigenvalue weighted by atomic mass is 10.0. The number of furan rings is 1. The summed E-state index contributed by atoms with van der Waals surface area (Å²) in [6.45, 7) is 7.84. The molecule has 2 N–H and O–H groups in total. The fraction of sp³-hybridized carbons (Fsp3) is 0.476. The number of piperidine rings is 1. The summed E-state index contributed by atoms with van der Waals surface area (Å²) in [6.07, 6.45) is 3.78. The lowest BCUT2D eigenvalue weighted by Crippen LogP contribution is -3.29. The smallest absolute Gasteiger partial charge is 0.289 e. The van der Waals surface area contributed by atoms with Gasteiger partial charge in [0.05, 0.1) is 12.3 Å². The van der Waals surface area contributed by atoms with Crippen LogP contribution in [0.25, 0.3) is 0 Å². The average molecular weight is 355 g/mol. The van der Waals surface area contributed by atoms with Crippen molar-refractivity contribution in [2.24, 2.45) is 0 Å². The molecule has 0 spiro atoms. The second-order valence-electron chi connectivity index (χ2n) is 7.61. The summed E-state index contributed by atoms with van der Waals surface area (Å²) < 4.78 is 5.25. The largest absolute Gasteiger partial charge is 0.459 e. The standard InChI is InChI=1S/C21H27N3O2/c25-21(20-7-4-16-26-20)24-10-8-19(9-11-24)23-14-12-22(13-15-23)17-18-5-2-1-3-6-18/h1-7,16,19H,8-15,17H2/p+2. The second kappa shape index (κ2) is 8.06. The first-order chi connectivity index (χ1) is 12.8. The van der Waals surface area contributed by atoms with E-state index in [0.29, 0.717) is 11.8 Å². The zero-order valence-corrected chi connectivity index (χ0v) is 15.3. The Morgan fingerprint density at radius 3 is 2.38 bits per heavy atom. The number of nitrogens with zero attached hydrogens (tertiary/aromatic N) is 1. The topological polar surface area (TPSA) is 42.3 Å². The van der Waals surface area contributed by atoms with E-state index >= 15 is 0 Å². The SMILES string of the molecule is O=C(c1ccco1)N1CCC([NH+]2CC[NH+](Cc3ccccc3)CC2)CC1. The maximum atomic E-state index is 12.4. The molecule has 0 unspecified atom stereocenters. The highest BCUT2D eigenvalue weighted by atomic mass is 16.3.